The normalized spacial score (nSPS) is 20.2. The molecule has 1 aromatic carbocycles. The minimum atomic E-state index is -0.482. The first-order valence-electron chi connectivity index (χ1n) is 5.78. The first kappa shape index (κ1) is 10.5. The highest BCUT2D eigenvalue weighted by atomic mass is 16.3. The van der Waals surface area contributed by atoms with E-state index in [1.807, 2.05) is 29.0 Å². The Morgan fingerprint density at radius 1 is 1.29 bits per heavy atom. The number of hydrogen-bond donors (Lipinski definition) is 1. The molecule has 88 valence electrons. The zero-order valence-corrected chi connectivity index (χ0v) is 9.53. The van der Waals surface area contributed by atoms with Gasteiger partial charge in [-0.25, -0.2) is 4.98 Å². The fourth-order valence-corrected chi connectivity index (χ4v) is 2.30. The molecule has 1 aliphatic rings. The molecule has 2 aromatic rings. The fourth-order valence-electron chi connectivity index (χ4n) is 2.30. The number of imidazole rings is 1. The van der Waals surface area contributed by atoms with Crippen LogP contribution >= 0.6 is 0 Å². The molecule has 0 aliphatic carbocycles. The number of β-amino-alcohol motifs (C(OH)–C–C–N with tert-alkyl or cyclic N) is 1. The highest BCUT2D eigenvalue weighted by Crippen LogP contribution is 2.20. The molecule has 0 spiro atoms. The lowest BCUT2D eigenvalue weighted by Crippen LogP contribution is -2.36. The van der Waals surface area contributed by atoms with Gasteiger partial charge in [-0.2, -0.15) is 0 Å². The standard InChI is InChI=1S/C13H15N3O/c17-13-9-15(7-11-4-2-1-3-5-11)8-12-6-14-10-16(12)13/h1-6,10,13,17H,7-9H2. The lowest BCUT2D eigenvalue weighted by molar-refractivity contribution is 0.0250. The van der Waals surface area contributed by atoms with Gasteiger partial charge >= 0.3 is 0 Å². The highest BCUT2D eigenvalue weighted by molar-refractivity contribution is 5.15. The molecule has 0 bridgehead atoms. The van der Waals surface area contributed by atoms with Crippen LogP contribution in [-0.2, 0) is 13.1 Å². The van der Waals surface area contributed by atoms with Crippen LogP contribution in [0.3, 0.4) is 0 Å². The van der Waals surface area contributed by atoms with Crippen LogP contribution in [0.5, 0.6) is 0 Å². The van der Waals surface area contributed by atoms with Crippen LogP contribution < -0.4 is 0 Å². The molecule has 0 saturated carbocycles. The SMILES string of the molecule is OC1CN(Cc2ccccc2)Cc2cncn21. The lowest BCUT2D eigenvalue weighted by atomic mass is 10.2. The number of aliphatic hydroxyl groups is 1. The predicted octanol–water partition coefficient (Wildman–Crippen LogP) is 1.39. The maximum absolute atomic E-state index is 9.98. The fraction of sp³-hybridized carbons (Fsp3) is 0.308. The average molecular weight is 229 g/mol. The van der Waals surface area contributed by atoms with Gasteiger partial charge in [0.15, 0.2) is 0 Å². The van der Waals surface area contributed by atoms with E-state index in [0.717, 1.165) is 18.8 Å². The number of rotatable bonds is 2. The molecule has 0 radical (unpaired) electrons. The molecule has 1 N–H and O–H groups in total. The summed E-state index contributed by atoms with van der Waals surface area (Å²) in [6, 6.07) is 10.3. The Bertz CT molecular complexity index is 494. The van der Waals surface area contributed by atoms with Crippen molar-refractivity contribution < 1.29 is 5.11 Å². The van der Waals surface area contributed by atoms with Gasteiger partial charge in [0.25, 0.3) is 0 Å². The van der Waals surface area contributed by atoms with Crippen molar-refractivity contribution >= 4 is 0 Å². The van der Waals surface area contributed by atoms with E-state index < -0.39 is 6.23 Å². The van der Waals surface area contributed by atoms with Gasteiger partial charge in [-0.15, -0.1) is 0 Å². The lowest BCUT2D eigenvalue weighted by Gasteiger charge is -2.31. The molecule has 17 heavy (non-hydrogen) atoms. The highest BCUT2D eigenvalue weighted by Gasteiger charge is 2.22. The largest absolute Gasteiger partial charge is 0.372 e. The molecule has 1 aromatic heterocycles. The smallest absolute Gasteiger partial charge is 0.144 e. The Labute approximate surface area is 100 Å². The third-order valence-electron chi connectivity index (χ3n) is 3.12. The summed E-state index contributed by atoms with van der Waals surface area (Å²) in [4.78, 5) is 6.31. The topological polar surface area (TPSA) is 41.3 Å². The van der Waals surface area contributed by atoms with Gasteiger partial charge in [0.1, 0.15) is 6.23 Å². The van der Waals surface area contributed by atoms with Gasteiger partial charge in [0.05, 0.1) is 12.0 Å². The van der Waals surface area contributed by atoms with E-state index in [4.69, 9.17) is 0 Å². The Kier molecular flexibility index (Phi) is 2.66. The average Bonchev–Trinajstić information content (AvgIpc) is 2.79. The molecule has 2 heterocycles. The third-order valence-corrected chi connectivity index (χ3v) is 3.12. The zero-order chi connectivity index (χ0) is 11.7. The van der Waals surface area contributed by atoms with Crippen molar-refractivity contribution in [2.75, 3.05) is 6.54 Å². The zero-order valence-electron chi connectivity index (χ0n) is 9.53. The quantitative estimate of drug-likeness (QED) is 0.846. The van der Waals surface area contributed by atoms with Gasteiger partial charge in [-0.1, -0.05) is 30.3 Å². The third kappa shape index (κ3) is 2.09. The van der Waals surface area contributed by atoms with Gasteiger partial charge in [-0.3, -0.25) is 4.90 Å². The van der Waals surface area contributed by atoms with E-state index in [0.29, 0.717) is 6.54 Å². The van der Waals surface area contributed by atoms with Crippen LogP contribution in [0.2, 0.25) is 0 Å². The number of hydrogen-bond acceptors (Lipinski definition) is 3. The second-order valence-corrected chi connectivity index (χ2v) is 4.43. The molecule has 4 nitrogen and oxygen atoms in total. The number of fused-ring (bicyclic) bond motifs is 1. The van der Waals surface area contributed by atoms with Gasteiger partial charge in [0.2, 0.25) is 0 Å². The van der Waals surface area contributed by atoms with E-state index in [-0.39, 0.29) is 0 Å². The molecular weight excluding hydrogens is 214 g/mol. The molecule has 1 aliphatic heterocycles. The monoisotopic (exact) mass is 229 g/mol. The summed E-state index contributed by atoms with van der Waals surface area (Å²) in [5.41, 5.74) is 2.34. The molecule has 0 amide bonds. The van der Waals surface area contributed by atoms with E-state index in [1.54, 1.807) is 6.33 Å². The molecule has 0 fully saturated rings. The van der Waals surface area contributed by atoms with Crippen molar-refractivity contribution in [1.82, 2.24) is 14.5 Å². The van der Waals surface area contributed by atoms with Crippen LogP contribution in [0.1, 0.15) is 17.5 Å². The van der Waals surface area contributed by atoms with Gasteiger partial charge in [-0.05, 0) is 5.56 Å². The molecule has 1 unspecified atom stereocenters. The number of nitrogens with zero attached hydrogens (tertiary/aromatic N) is 3. The summed E-state index contributed by atoms with van der Waals surface area (Å²) in [6.07, 6.45) is 3.03. The summed E-state index contributed by atoms with van der Waals surface area (Å²) in [7, 11) is 0. The van der Waals surface area contributed by atoms with Crippen molar-refractivity contribution in [3.63, 3.8) is 0 Å². The van der Waals surface area contributed by atoms with E-state index >= 15 is 0 Å². The predicted molar refractivity (Wildman–Crippen MR) is 64.0 cm³/mol. The minimum absolute atomic E-state index is 0.482. The summed E-state index contributed by atoms with van der Waals surface area (Å²) >= 11 is 0. The summed E-state index contributed by atoms with van der Waals surface area (Å²) in [5.74, 6) is 0. The molecular formula is C13H15N3O. The van der Waals surface area contributed by atoms with Crippen molar-refractivity contribution in [2.45, 2.75) is 19.3 Å². The second kappa shape index (κ2) is 4.31. The number of benzene rings is 1. The van der Waals surface area contributed by atoms with Crippen molar-refractivity contribution in [2.24, 2.45) is 0 Å². The summed E-state index contributed by atoms with van der Waals surface area (Å²) in [5, 5.41) is 9.98. The van der Waals surface area contributed by atoms with Crippen LogP contribution in [0.4, 0.5) is 0 Å². The Hall–Kier alpha value is -1.65. The van der Waals surface area contributed by atoms with Crippen molar-refractivity contribution in [1.29, 1.82) is 0 Å². The summed E-state index contributed by atoms with van der Waals surface area (Å²) in [6.45, 7) is 2.35. The Balaban J connectivity index is 1.76. The molecule has 0 saturated heterocycles. The second-order valence-electron chi connectivity index (χ2n) is 4.43. The van der Waals surface area contributed by atoms with E-state index in [2.05, 4.69) is 22.0 Å². The maximum atomic E-state index is 9.98. The minimum Gasteiger partial charge on any atom is -0.372 e. The first-order chi connectivity index (χ1) is 8.33. The molecule has 3 rings (SSSR count). The first-order valence-corrected chi connectivity index (χ1v) is 5.78. The van der Waals surface area contributed by atoms with Crippen LogP contribution in [-0.4, -0.2) is 26.1 Å². The van der Waals surface area contributed by atoms with Crippen LogP contribution in [0, 0.1) is 0 Å². The Morgan fingerprint density at radius 3 is 2.94 bits per heavy atom. The molecule has 1 atom stereocenters. The maximum Gasteiger partial charge on any atom is 0.144 e. The van der Waals surface area contributed by atoms with Crippen molar-refractivity contribution in [3.8, 4) is 0 Å². The Morgan fingerprint density at radius 2 is 2.12 bits per heavy atom. The van der Waals surface area contributed by atoms with Crippen LogP contribution in [0.15, 0.2) is 42.9 Å². The van der Waals surface area contributed by atoms with Gasteiger partial charge in [0, 0.05) is 25.8 Å². The number of aliphatic hydroxyl groups excluding tert-OH is 1. The van der Waals surface area contributed by atoms with E-state index in [1.165, 1.54) is 5.56 Å². The summed E-state index contributed by atoms with van der Waals surface area (Å²) < 4.78 is 1.83. The van der Waals surface area contributed by atoms with E-state index in [9.17, 15) is 5.11 Å². The number of aromatic nitrogens is 2. The van der Waals surface area contributed by atoms with Crippen LogP contribution in [0.25, 0.3) is 0 Å². The van der Waals surface area contributed by atoms with Crippen molar-refractivity contribution in [3.05, 3.63) is 54.1 Å². The van der Waals surface area contributed by atoms with Gasteiger partial charge < -0.3 is 9.67 Å². The molecule has 4 heteroatoms.